The lowest BCUT2D eigenvalue weighted by molar-refractivity contribution is 0.0939. The molecule has 0 spiro atoms. The van der Waals surface area contributed by atoms with Gasteiger partial charge in [-0.3, -0.25) is 9.79 Å². The summed E-state index contributed by atoms with van der Waals surface area (Å²) in [5.74, 6) is 0.916. The maximum Gasteiger partial charge on any atom is 0.252 e. The molecule has 1 aliphatic heterocycles. The van der Waals surface area contributed by atoms with Crippen LogP contribution in [0, 0.1) is 6.92 Å². The van der Waals surface area contributed by atoms with E-state index in [2.05, 4.69) is 15.2 Å². The zero-order valence-electron chi connectivity index (χ0n) is 25.6. The molecule has 6 N–H and O–H groups in total. The lowest BCUT2D eigenvalue weighted by Gasteiger charge is -2.22. The van der Waals surface area contributed by atoms with E-state index >= 15 is 0 Å². The number of hydrogen-bond acceptors (Lipinski definition) is 8. The van der Waals surface area contributed by atoms with Gasteiger partial charge in [-0.1, -0.05) is 18.9 Å². The average Bonchev–Trinajstić information content (AvgIpc) is 3.22. The number of hydrogen-bond donors (Lipinski definition) is 4. The standard InChI is InChI=1S/C24H32N4O3.C8H17NO/c1-14(2)31-23-21(18(12-25)13-27-5)9-17(10-22(23)30-6)16(4)28-24(29)20-11-19(26)8-7-15(20)3;10-8-7-9-5-3-1-2-4-6-9/h7-14,16H,25-26H2,1-6H3,(H,28,29);10H,1-8H2/b18-12+,27-13?;. The molecule has 9 heteroatoms. The topological polar surface area (TPSA) is 135 Å². The van der Waals surface area contributed by atoms with Crippen LogP contribution < -0.4 is 26.3 Å². The molecule has 1 atom stereocenters. The molecule has 0 saturated carbocycles. The minimum Gasteiger partial charge on any atom is -0.493 e. The minimum atomic E-state index is -0.313. The summed E-state index contributed by atoms with van der Waals surface area (Å²) in [7, 11) is 3.25. The van der Waals surface area contributed by atoms with Crippen LogP contribution in [0.3, 0.4) is 0 Å². The highest BCUT2D eigenvalue weighted by molar-refractivity contribution is 6.11. The number of amides is 1. The Morgan fingerprint density at radius 1 is 1.12 bits per heavy atom. The van der Waals surface area contributed by atoms with Crippen molar-refractivity contribution >= 4 is 23.4 Å². The number of β-amino-alcohol motifs (C(OH)–C–C–N with tert-alkyl or cyclic N) is 1. The number of aliphatic imine (C=N–C) groups is 1. The number of nitrogens with zero attached hydrogens (tertiary/aromatic N) is 2. The van der Waals surface area contributed by atoms with Crippen molar-refractivity contribution in [1.29, 1.82) is 0 Å². The van der Waals surface area contributed by atoms with Crippen molar-refractivity contribution in [2.45, 2.75) is 65.5 Å². The lowest BCUT2D eigenvalue weighted by atomic mass is 9.98. The highest BCUT2D eigenvalue weighted by atomic mass is 16.5. The van der Waals surface area contributed by atoms with Gasteiger partial charge in [0.2, 0.25) is 0 Å². The van der Waals surface area contributed by atoms with Crippen molar-refractivity contribution in [3.63, 3.8) is 0 Å². The molecule has 1 aliphatic rings. The zero-order valence-corrected chi connectivity index (χ0v) is 25.6. The van der Waals surface area contributed by atoms with Crippen LogP contribution in [0.4, 0.5) is 5.69 Å². The number of ether oxygens (including phenoxy) is 2. The number of carbonyl (C=O) groups excluding carboxylic acids is 1. The maximum absolute atomic E-state index is 12.9. The number of allylic oxidation sites excluding steroid dienone is 1. The molecule has 1 heterocycles. The molecule has 2 aromatic carbocycles. The first-order valence-electron chi connectivity index (χ1n) is 14.4. The van der Waals surface area contributed by atoms with E-state index in [9.17, 15) is 4.79 Å². The SMILES string of the molecule is CN=C/C(=C\N)c1cc(C(C)NC(=O)c2cc(N)ccc2C)cc(OC)c1OC(C)C.OCCN1CCCCCC1. The third kappa shape index (κ3) is 10.4. The second-order valence-corrected chi connectivity index (χ2v) is 10.5. The Balaban J connectivity index is 0.000000493. The summed E-state index contributed by atoms with van der Waals surface area (Å²) in [4.78, 5) is 19.3. The van der Waals surface area contributed by atoms with Gasteiger partial charge in [-0.2, -0.15) is 0 Å². The molecule has 1 saturated heterocycles. The number of benzene rings is 2. The molecule has 0 bridgehead atoms. The summed E-state index contributed by atoms with van der Waals surface area (Å²) < 4.78 is 11.6. The molecule has 0 aromatic heterocycles. The summed E-state index contributed by atoms with van der Waals surface area (Å²) in [6, 6.07) is 8.75. The second-order valence-electron chi connectivity index (χ2n) is 10.5. The van der Waals surface area contributed by atoms with Gasteiger partial charge >= 0.3 is 0 Å². The van der Waals surface area contributed by atoms with Crippen molar-refractivity contribution in [3.8, 4) is 11.5 Å². The Hall–Kier alpha value is -3.56. The number of methoxy groups -OCH3 is 1. The molecule has 0 aliphatic carbocycles. The van der Waals surface area contributed by atoms with Gasteiger partial charge in [0.05, 0.1) is 25.9 Å². The first-order chi connectivity index (χ1) is 19.6. The number of aliphatic hydroxyl groups excluding tert-OH is 1. The van der Waals surface area contributed by atoms with Crippen LogP contribution in [-0.2, 0) is 0 Å². The van der Waals surface area contributed by atoms with Gasteiger partial charge in [0, 0.05) is 48.4 Å². The van der Waals surface area contributed by atoms with Crippen LogP contribution in [0.1, 0.15) is 79.5 Å². The predicted molar refractivity (Wildman–Crippen MR) is 169 cm³/mol. The van der Waals surface area contributed by atoms with E-state index in [-0.39, 0.29) is 18.1 Å². The Morgan fingerprint density at radius 3 is 2.37 bits per heavy atom. The van der Waals surface area contributed by atoms with Gasteiger partial charge in [-0.05, 0) is 89.0 Å². The number of anilines is 1. The molecule has 226 valence electrons. The van der Waals surface area contributed by atoms with Crippen molar-refractivity contribution in [1.82, 2.24) is 10.2 Å². The molecule has 0 radical (unpaired) electrons. The van der Waals surface area contributed by atoms with E-state index in [1.807, 2.05) is 45.9 Å². The highest BCUT2D eigenvalue weighted by Crippen LogP contribution is 2.38. The Kier molecular flexibility index (Phi) is 14.2. The predicted octanol–water partition coefficient (Wildman–Crippen LogP) is 4.72. The number of nitrogens with one attached hydrogen (secondary N) is 1. The zero-order chi connectivity index (χ0) is 30.4. The largest absolute Gasteiger partial charge is 0.493 e. The Morgan fingerprint density at radius 2 is 1.80 bits per heavy atom. The fraction of sp³-hybridized carbons (Fsp3) is 0.500. The fourth-order valence-corrected chi connectivity index (χ4v) is 4.68. The van der Waals surface area contributed by atoms with Crippen LogP contribution in [0.2, 0.25) is 0 Å². The van der Waals surface area contributed by atoms with E-state index in [1.54, 1.807) is 32.5 Å². The van der Waals surface area contributed by atoms with Crippen LogP contribution in [0.15, 0.2) is 41.5 Å². The summed E-state index contributed by atoms with van der Waals surface area (Å²) >= 11 is 0. The molecular formula is C32H49N5O4. The van der Waals surface area contributed by atoms with Crippen LogP contribution in [0.25, 0.3) is 5.57 Å². The van der Waals surface area contributed by atoms with Crippen molar-refractivity contribution in [3.05, 3.63) is 58.8 Å². The molecule has 41 heavy (non-hydrogen) atoms. The molecule has 2 aromatic rings. The molecule has 1 unspecified atom stereocenters. The van der Waals surface area contributed by atoms with E-state index in [1.165, 1.54) is 45.0 Å². The van der Waals surface area contributed by atoms with Gasteiger partial charge in [-0.15, -0.1) is 0 Å². The Labute approximate surface area is 245 Å². The van der Waals surface area contributed by atoms with Gasteiger partial charge in [-0.25, -0.2) is 0 Å². The normalized spacial score (nSPS) is 15.2. The first-order valence-corrected chi connectivity index (χ1v) is 14.4. The second kappa shape index (κ2) is 17.3. The van der Waals surface area contributed by atoms with E-state index in [4.69, 9.17) is 26.0 Å². The van der Waals surface area contributed by atoms with Gasteiger partial charge in [0.1, 0.15) is 0 Å². The van der Waals surface area contributed by atoms with E-state index in [0.717, 1.165) is 23.2 Å². The van der Waals surface area contributed by atoms with Gasteiger partial charge in [0.25, 0.3) is 5.91 Å². The van der Waals surface area contributed by atoms with Crippen molar-refractivity contribution in [2.75, 3.05) is 46.1 Å². The average molecular weight is 568 g/mol. The number of aliphatic hydroxyl groups is 1. The smallest absolute Gasteiger partial charge is 0.252 e. The maximum atomic E-state index is 12.9. The van der Waals surface area contributed by atoms with Crippen LogP contribution in [0.5, 0.6) is 11.5 Å². The molecule has 9 nitrogen and oxygen atoms in total. The lowest BCUT2D eigenvalue weighted by Crippen LogP contribution is -2.27. The van der Waals surface area contributed by atoms with Gasteiger partial charge < -0.3 is 36.3 Å². The quantitative estimate of drug-likeness (QED) is 0.241. The monoisotopic (exact) mass is 567 g/mol. The highest BCUT2D eigenvalue weighted by Gasteiger charge is 2.21. The van der Waals surface area contributed by atoms with Crippen molar-refractivity contribution < 1.29 is 19.4 Å². The van der Waals surface area contributed by atoms with Crippen molar-refractivity contribution in [2.24, 2.45) is 10.7 Å². The number of aryl methyl sites for hydroxylation is 1. The number of likely N-dealkylation sites (tertiary alicyclic amines) is 1. The Bertz CT molecular complexity index is 1170. The molecule has 3 rings (SSSR count). The molecular weight excluding hydrogens is 518 g/mol. The van der Waals surface area contributed by atoms with Crippen LogP contribution in [-0.4, -0.2) is 68.6 Å². The summed E-state index contributed by atoms with van der Waals surface area (Å²) in [5, 5.41) is 11.7. The summed E-state index contributed by atoms with van der Waals surface area (Å²) in [6.45, 7) is 11.2. The van der Waals surface area contributed by atoms with Gasteiger partial charge in [0.15, 0.2) is 11.5 Å². The first kappa shape index (κ1) is 33.6. The third-order valence-electron chi connectivity index (χ3n) is 6.88. The summed E-state index contributed by atoms with van der Waals surface area (Å²) in [5.41, 5.74) is 15.9. The molecule has 1 amide bonds. The third-order valence-corrected chi connectivity index (χ3v) is 6.88. The minimum absolute atomic E-state index is 0.0697. The fourth-order valence-electron chi connectivity index (χ4n) is 4.68. The number of nitrogens with two attached hydrogens (primary N) is 2. The number of nitrogen functional groups attached to an aromatic ring is 1. The molecule has 1 fully saturated rings. The van der Waals surface area contributed by atoms with E-state index < -0.39 is 0 Å². The number of carbonyl (C=O) groups is 1. The van der Waals surface area contributed by atoms with E-state index in [0.29, 0.717) is 34.9 Å². The van der Waals surface area contributed by atoms with Crippen LogP contribution >= 0.6 is 0 Å². The number of rotatable bonds is 10. The summed E-state index contributed by atoms with van der Waals surface area (Å²) in [6.07, 6.45) is 8.45.